The molecule has 3 aromatic rings. The van der Waals surface area contributed by atoms with Crippen LogP contribution in [0.25, 0.3) is 11.3 Å². The first-order valence-corrected chi connectivity index (χ1v) is 10.7. The Morgan fingerprint density at radius 1 is 1.12 bits per heavy atom. The van der Waals surface area contributed by atoms with E-state index in [-0.39, 0.29) is 0 Å². The molecule has 0 amide bonds. The van der Waals surface area contributed by atoms with E-state index in [9.17, 15) is 0 Å². The lowest BCUT2D eigenvalue weighted by molar-refractivity contribution is 0.530. The molecule has 0 saturated carbocycles. The summed E-state index contributed by atoms with van der Waals surface area (Å²) < 4.78 is 7.77. The van der Waals surface area contributed by atoms with Crippen LogP contribution >= 0.6 is 46.5 Å². The van der Waals surface area contributed by atoms with Crippen molar-refractivity contribution < 1.29 is 4.42 Å². The summed E-state index contributed by atoms with van der Waals surface area (Å²) in [5.41, 5.74) is 0.966. The van der Waals surface area contributed by atoms with Crippen molar-refractivity contribution >= 4 is 46.5 Å². The van der Waals surface area contributed by atoms with Gasteiger partial charge in [0.15, 0.2) is 14.4 Å². The SMILES string of the molecule is CCCCSc1nnc(SCc2ncc(-c3ccc(Cl)cc3)o2)s1. The molecule has 1 aromatic carbocycles. The van der Waals surface area contributed by atoms with Gasteiger partial charge in [-0.3, -0.25) is 0 Å². The average Bonchev–Trinajstić information content (AvgIpc) is 3.23. The Morgan fingerprint density at radius 2 is 1.88 bits per heavy atom. The molecule has 3 rings (SSSR count). The van der Waals surface area contributed by atoms with Crippen LogP contribution in [0, 0.1) is 0 Å². The summed E-state index contributed by atoms with van der Waals surface area (Å²) in [6, 6.07) is 7.52. The van der Waals surface area contributed by atoms with E-state index in [0.29, 0.717) is 16.7 Å². The van der Waals surface area contributed by atoms with E-state index in [4.69, 9.17) is 16.0 Å². The van der Waals surface area contributed by atoms with E-state index >= 15 is 0 Å². The maximum Gasteiger partial charge on any atom is 0.205 e. The van der Waals surface area contributed by atoms with Gasteiger partial charge in [0, 0.05) is 16.3 Å². The van der Waals surface area contributed by atoms with Crippen LogP contribution in [0.2, 0.25) is 5.02 Å². The maximum absolute atomic E-state index is 5.90. The Labute approximate surface area is 158 Å². The Kier molecular flexibility index (Phi) is 6.59. The molecule has 0 spiro atoms. The van der Waals surface area contributed by atoms with Crippen molar-refractivity contribution in [2.45, 2.75) is 34.2 Å². The lowest BCUT2D eigenvalue weighted by Gasteiger charge is -1.96. The molecule has 8 heteroatoms. The minimum Gasteiger partial charge on any atom is -0.440 e. The molecule has 0 bridgehead atoms. The van der Waals surface area contributed by atoms with Crippen LogP contribution in [-0.4, -0.2) is 20.9 Å². The summed E-state index contributed by atoms with van der Waals surface area (Å²) in [6.07, 6.45) is 4.15. The number of benzene rings is 1. The highest BCUT2D eigenvalue weighted by atomic mass is 35.5. The van der Waals surface area contributed by atoms with Crippen LogP contribution in [0.3, 0.4) is 0 Å². The minimum absolute atomic E-state index is 0.641. The number of oxazole rings is 1. The lowest BCUT2D eigenvalue weighted by Crippen LogP contribution is -1.79. The fourth-order valence-electron chi connectivity index (χ4n) is 1.87. The number of rotatable bonds is 8. The largest absolute Gasteiger partial charge is 0.440 e. The van der Waals surface area contributed by atoms with Crippen LogP contribution in [0.15, 0.2) is 43.6 Å². The molecule has 0 aliphatic rings. The van der Waals surface area contributed by atoms with Crippen molar-refractivity contribution in [2.24, 2.45) is 0 Å². The second-order valence-corrected chi connectivity index (χ2v) is 8.93. The molecular weight excluding hydrogens is 382 g/mol. The minimum atomic E-state index is 0.641. The van der Waals surface area contributed by atoms with E-state index in [0.717, 1.165) is 25.8 Å². The van der Waals surface area contributed by atoms with Crippen LogP contribution in [0.5, 0.6) is 0 Å². The van der Waals surface area contributed by atoms with Gasteiger partial charge in [-0.05, 0) is 30.7 Å². The summed E-state index contributed by atoms with van der Waals surface area (Å²) in [4.78, 5) is 4.33. The number of hydrogen-bond donors (Lipinski definition) is 0. The summed E-state index contributed by atoms with van der Waals surface area (Å²) in [6.45, 7) is 2.19. The maximum atomic E-state index is 5.90. The normalized spacial score (nSPS) is 11.1. The quantitative estimate of drug-likeness (QED) is 0.341. The molecule has 24 heavy (non-hydrogen) atoms. The van der Waals surface area contributed by atoms with Crippen molar-refractivity contribution in [1.82, 2.24) is 15.2 Å². The van der Waals surface area contributed by atoms with Crippen molar-refractivity contribution in [2.75, 3.05) is 5.75 Å². The smallest absolute Gasteiger partial charge is 0.205 e. The molecule has 0 fully saturated rings. The average molecular weight is 398 g/mol. The van der Waals surface area contributed by atoms with Gasteiger partial charge in [0.2, 0.25) is 5.89 Å². The summed E-state index contributed by atoms with van der Waals surface area (Å²) in [5, 5.41) is 9.13. The summed E-state index contributed by atoms with van der Waals surface area (Å²) in [7, 11) is 0. The summed E-state index contributed by atoms with van der Waals surface area (Å²) in [5.74, 6) is 3.16. The zero-order chi connectivity index (χ0) is 16.8. The molecule has 0 aliphatic carbocycles. The number of unbranched alkanes of at least 4 members (excludes halogenated alkanes) is 1. The molecule has 126 valence electrons. The number of halogens is 1. The summed E-state index contributed by atoms with van der Waals surface area (Å²) >= 11 is 10.9. The molecule has 0 aliphatic heterocycles. The monoisotopic (exact) mass is 397 g/mol. The van der Waals surface area contributed by atoms with E-state index in [1.807, 2.05) is 24.3 Å². The Balaban J connectivity index is 1.54. The standard InChI is InChI=1S/C16H16ClN3OS3/c1-2-3-8-22-15-19-20-16(24-15)23-10-14-18-9-13(21-14)11-4-6-12(17)7-5-11/h4-7,9H,2-3,8,10H2,1H3. The number of nitrogens with zero attached hydrogens (tertiary/aromatic N) is 3. The van der Waals surface area contributed by atoms with Crippen molar-refractivity contribution in [1.29, 1.82) is 0 Å². The molecule has 2 aromatic heterocycles. The van der Waals surface area contributed by atoms with Gasteiger partial charge in [0.1, 0.15) is 0 Å². The zero-order valence-electron chi connectivity index (χ0n) is 13.1. The van der Waals surface area contributed by atoms with E-state index in [2.05, 4.69) is 22.1 Å². The Morgan fingerprint density at radius 3 is 2.62 bits per heavy atom. The van der Waals surface area contributed by atoms with E-state index < -0.39 is 0 Å². The Bertz CT molecular complexity index is 773. The first kappa shape index (κ1) is 17.8. The highest BCUT2D eigenvalue weighted by Crippen LogP contribution is 2.31. The number of thioether (sulfide) groups is 2. The van der Waals surface area contributed by atoms with Gasteiger partial charge in [0.05, 0.1) is 11.9 Å². The van der Waals surface area contributed by atoms with Crippen LogP contribution < -0.4 is 0 Å². The second kappa shape index (κ2) is 8.89. The van der Waals surface area contributed by atoms with Gasteiger partial charge in [0.25, 0.3) is 0 Å². The van der Waals surface area contributed by atoms with Gasteiger partial charge in [-0.15, -0.1) is 10.2 Å². The van der Waals surface area contributed by atoms with Gasteiger partial charge < -0.3 is 4.42 Å². The Hall–Kier alpha value is -1.02. The topological polar surface area (TPSA) is 51.8 Å². The molecule has 0 N–H and O–H groups in total. The molecule has 2 heterocycles. The third-order valence-electron chi connectivity index (χ3n) is 3.11. The molecular formula is C16H16ClN3OS3. The van der Waals surface area contributed by atoms with E-state index in [1.165, 1.54) is 12.8 Å². The van der Waals surface area contributed by atoms with Gasteiger partial charge in [-0.25, -0.2) is 4.98 Å². The van der Waals surface area contributed by atoms with E-state index in [1.54, 1.807) is 41.1 Å². The highest BCUT2D eigenvalue weighted by molar-refractivity contribution is 8.02. The van der Waals surface area contributed by atoms with Crippen molar-refractivity contribution in [3.8, 4) is 11.3 Å². The van der Waals surface area contributed by atoms with Crippen LogP contribution in [0.4, 0.5) is 0 Å². The first-order valence-electron chi connectivity index (χ1n) is 7.54. The highest BCUT2D eigenvalue weighted by Gasteiger charge is 2.10. The second-order valence-electron chi connectivity index (χ2n) is 4.95. The van der Waals surface area contributed by atoms with Gasteiger partial charge >= 0.3 is 0 Å². The van der Waals surface area contributed by atoms with Crippen molar-refractivity contribution in [3.63, 3.8) is 0 Å². The van der Waals surface area contributed by atoms with Crippen LogP contribution in [0.1, 0.15) is 25.7 Å². The molecule has 4 nitrogen and oxygen atoms in total. The van der Waals surface area contributed by atoms with Gasteiger partial charge in [-0.1, -0.05) is 59.8 Å². The fraction of sp³-hybridized carbons (Fsp3) is 0.312. The van der Waals surface area contributed by atoms with Gasteiger partial charge in [-0.2, -0.15) is 0 Å². The lowest BCUT2D eigenvalue weighted by atomic mass is 10.2. The number of aromatic nitrogens is 3. The molecule has 0 atom stereocenters. The predicted octanol–water partition coefficient (Wildman–Crippen LogP) is 6.03. The third-order valence-corrected chi connectivity index (χ3v) is 6.63. The van der Waals surface area contributed by atoms with Crippen LogP contribution in [-0.2, 0) is 5.75 Å². The fourth-order valence-corrected chi connectivity index (χ4v) is 5.02. The molecule has 0 radical (unpaired) electrons. The third kappa shape index (κ3) is 4.99. The first-order chi connectivity index (χ1) is 11.7. The molecule has 0 saturated heterocycles. The number of hydrogen-bond acceptors (Lipinski definition) is 7. The van der Waals surface area contributed by atoms with Crippen molar-refractivity contribution in [3.05, 3.63) is 41.4 Å². The molecule has 0 unspecified atom stereocenters. The zero-order valence-corrected chi connectivity index (χ0v) is 16.3. The predicted molar refractivity (Wildman–Crippen MR) is 102 cm³/mol.